The molecule has 0 amide bonds. The quantitative estimate of drug-likeness (QED) is 0.560. The number of benzene rings is 2. The Morgan fingerprint density at radius 2 is 1.68 bits per heavy atom. The van der Waals surface area contributed by atoms with Crippen molar-refractivity contribution in [1.29, 1.82) is 0 Å². The number of hydrogen-bond acceptors (Lipinski definition) is 5. The molecule has 3 aromatic rings. The molecule has 1 unspecified atom stereocenters. The Labute approximate surface area is 170 Å². The molecule has 1 atom stereocenters. The van der Waals surface area contributed by atoms with Crippen LogP contribution in [0.3, 0.4) is 0 Å². The normalized spacial score (nSPS) is 12.0. The highest BCUT2D eigenvalue weighted by Gasteiger charge is 2.11. The molecule has 1 N–H and O–H groups in total. The highest BCUT2D eigenvalue weighted by molar-refractivity contribution is 7.71. The molecular formula is C21H26N3O3S+. The number of nitrogens with zero attached hydrogens (tertiary/aromatic N) is 2. The first kappa shape index (κ1) is 20.1. The van der Waals surface area contributed by atoms with Crippen LogP contribution in [0, 0.1) is 4.84 Å². The lowest BCUT2D eigenvalue weighted by atomic mass is 10.1. The fraction of sp³-hybridized carbons (Fsp3) is 0.333. The van der Waals surface area contributed by atoms with Crippen LogP contribution in [0.1, 0.15) is 23.9 Å². The second-order valence-corrected chi connectivity index (χ2v) is 7.00. The maximum atomic E-state index is 5.67. The van der Waals surface area contributed by atoms with E-state index in [1.165, 1.54) is 10.5 Å². The molecule has 2 aromatic carbocycles. The van der Waals surface area contributed by atoms with Gasteiger partial charge in [0.05, 0.1) is 27.2 Å². The molecule has 148 valence electrons. The number of aromatic nitrogens is 2. The van der Waals surface area contributed by atoms with Crippen molar-refractivity contribution in [2.45, 2.75) is 26.6 Å². The van der Waals surface area contributed by atoms with Gasteiger partial charge >= 0.3 is 0 Å². The second kappa shape index (κ2) is 9.52. The largest absolute Gasteiger partial charge is 0.497 e. The zero-order valence-corrected chi connectivity index (χ0v) is 17.3. The van der Waals surface area contributed by atoms with E-state index in [9.17, 15) is 0 Å². The van der Waals surface area contributed by atoms with Gasteiger partial charge in [0.2, 0.25) is 5.89 Å². The Balaban J connectivity index is 1.59. The van der Waals surface area contributed by atoms with E-state index in [1.807, 2.05) is 43.3 Å². The maximum absolute atomic E-state index is 5.67. The highest BCUT2D eigenvalue weighted by Crippen LogP contribution is 2.14. The molecular weight excluding hydrogens is 374 g/mol. The van der Waals surface area contributed by atoms with Gasteiger partial charge in [0.1, 0.15) is 18.0 Å². The van der Waals surface area contributed by atoms with E-state index in [2.05, 4.69) is 24.3 Å². The van der Waals surface area contributed by atoms with Crippen LogP contribution in [0.5, 0.6) is 11.5 Å². The van der Waals surface area contributed by atoms with Gasteiger partial charge < -0.3 is 18.8 Å². The monoisotopic (exact) mass is 400 g/mol. The Bertz CT molecular complexity index is 933. The third-order valence-electron chi connectivity index (χ3n) is 4.32. The Hall–Kier alpha value is -2.64. The van der Waals surface area contributed by atoms with Gasteiger partial charge in [0, 0.05) is 5.56 Å². The Morgan fingerprint density at radius 1 is 1.04 bits per heavy atom. The predicted octanol–water partition coefficient (Wildman–Crippen LogP) is 2.88. The smallest absolute Gasteiger partial charge is 0.291 e. The molecule has 1 heterocycles. The van der Waals surface area contributed by atoms with Crippen molar-refractivity contribution < 1.29 is 18.8 Å². The number of quaternary nitrogens is 1. The standard InChI is InChI=1S/C21H25N3O3S/c1-4-26-19-11-7-17(8-12-19)14-23(2)15-24-21(28)27-20(22-24)13-16-5-9-18(25-3)10-6-16/h5-12H,4,13-15H2,1-3H3/p+1. The number of rotatable bonds is 9. The lowest BCUT2D eigenvalue weighted by Gasteiger charge is -2.13. The van der Waals surface area contributed by atoms with E-state index in [1.54, 1.807) is 11.8 Å². The predicted molar refractivity (Wildman–Crippen MR) is 109 cm³/mol. The Morgan fingerprint density at radius 3 is 2.32 bits per heavy atom. The van der Waals surface area contributed by atoms with Crippen LogP contribution in [0.2, 0.25) is 0 Å². The van der Waals surface area contributed by atoms with Crippen LogP contribution >= 0.6 is 12.2 Å². The SMILES string of the molecule is CCOc1ccc(C[NH+](C)Cn2nc(Cc3ccc(OC)cc3)oc2=S)cc1. The molecule has 0 saturated heterocycles. The molecule has 0 fully saturated rings. The molecule has 0 aliphatic carbocycles. The van der Waals surface area contributed by atoms with E-state index < -0.39 is 0 Å². The summed E-state index contributed by atoms with van der Waals surface area (Å²) in [6.45, 7) is 4.15. The summed E-state index contributed by atoms with van der Waals surface area (Å²) in [5, 5.41) is 4.54. The molecule has 6 nitrogen and oxygen atoms in total. The molecule has 7 heteroatoms. The summed E-state index contributed by atoms with van der Waals surface area (Å²) < 4.78 is 18.1. The van der Waals surface area contributed by atoms with Crippen LogP contribution in [-0.2, 0) is 19.6 Å². The summed E-state index contributed by atoms with van der Waals surface area (Å²) in [6, 6.07) is 16.0. The minimum absolute atomic E-state index is 0.398. The average Bonchev–Trinajstić information content (AvgIpc) is 3.03. The summed E-state index contributed by atoms with van der Waals surface area (Å²) in [5.74, 6) is 2.34. The van der Waals surface area contributed by atoms with Gasteiger partial charge in [-0.1, -0.05) is 12.1 Å². The van der Waals surface area contributed by atoms with Gasteiger partial charge in [0.25, 0.3) is 4.84 Å². The van der Waals surface area contributed by atoms with Crippen molar-refractivity contribution in [2.24, 2.45) is 0 Å². The first-order valence-electron chi connectivity index (χ1n) is 9.30. The fourth-order valence-electron chi connectivity index (χ4n) is 2.97. The molecule has 3 rings (SSSR count). The number of nitrogens with one attached hydrogen (secondary N) is 1. The van der Waals surface area contributed by atoms with E-state index in [-0.39, 0.29) is 0 Å². The summed E-state index contributed by atoms with van der Waals surface area (Å²) in [6.07, 6.45) is 0.596. The first-order valence-corrected chi connectivity index (χ1v) is 9.71. The van der Waals surface area contributed by atoms with Crippen LogP contribution in [0.25, 0.3) is 0 Å². The highest BCUT2D eigenvalue weighted by atomic mass is 32.1. The van der Waals surface area contributed by atoms with Gasteiger partial charge in [-0.15, -0.1) is 5.10 Å². The number of ether oxygens (including phenoxy) is 2. The van der Waals surface area contributed by atoms with E-state index in [0.717, 1.165) is 23.6 Å². The first-order chi connectivity index (χ1) is 13.6. The second-order valence-electron chi connectivity index (χ2n) is 6.66. The zero-order valence-electron chi connectivity index (χ0n) is 16.5. The van der Waals surface area contributed by atoms with Crippen molar-refractivity contribution in [2.75, 3.05) is 20.8 Å². The van der Waals surface area contributed by atoms with Crippen molar-refractivity contribution >= 4 is 12.2 Å². The van der Waals surface area contributed by atoms with Crippen LogP contribution in [0.15, 0.2) is 52.9 Å². The maximum Gasteiger partial charge on any atom is 0.291 e. The zero-order chi connectivity index (χ0) is 19.9. The summed E-state index contributed by atoms with van der Waals surface area (Å²) >= 11 is 5.34. The van der Waals surface area contributed by atoms with E-state index in [0.29, 0.717) is 30.4 Å². The average molecular weight is 401 g/mol. The van der Waals surface area contributed by atoms with Crippen LogP contribution in [0.4, 0.5) is 0 Å². The van der Waals surface area contributed by atoms with Crippen molar-refractivity contribution in [3.05, 3.63) is 70.4 Å². The van der Waals surface area contributed by atoms with E-state index >= 15 is 0 Å². The van der Waals surface area contributed by atoms with Crippen molar-refractivity contribution in [3.63, 3.8) is 0 Å². The molecule has 0 saturated carbocycles. The van der Waals surface area contributed by atoms with Crippen LogP contribution in [-0.4, -0.2) is 30.5 Å². The molecule has 0 radical (unpaired) electrons. The summed E-state index contributed by atoms with van der Waals surface area (Å²) in [4.78, 5) is 1.65. The molecule has 0 aliphatic heterocycles. The van der Waals surface area contributed by atoms with Gasteiger partial charge in [-0.2, -0.15) is 4.68 Å². The number of hydrogen-bond donors (Lipinski definition) is 1. The molecule has 0 bridgehead atoms. The topological polar surface area (TPSA) is 53.9 Å². The van der Waals surface area contributed by atoms with Gasteiger partial charge in [-0.25, -0.2) is 0 Å². The minimum Gasteiger partial charge on any atom is -0.497 e. The van der Waals surface area contributed by atoms with Gasteiger partial charge in [0.15, 0.2) is 6.67 Å². The third kappa shape index (κ3) is 5.43. The molecule has 0 spiro atoms. The fourth-order valence-corrected chi connectivity index (χ4v) is 3.17. The molecule has 1 aromatic heterocycles. The third-order valence-corrected chi connectivity index (χ3v) is 4.62. The van der Waals surface area contributed by atoms with Crippen LogP contribution < -0.4 is 14.4 Å². The minimum atomic E-state index is 0.398. The Kier molecular flexibility index (Phi) is 6.84. The van der Waals surface area contributed by atoms with Gasteiger partial charge in [-0.3, -0.25) is 0 Å². The molecule has 0 aliphatic rings. The molecule has 28 heavy (non-hydrogen) atoms. The van der Waals surface area contributed by atoms with Crippen molar-refractivity contribution in [1.82, 2.24) is 9.78 Å². The number of methoxy groups -OCH3 is 1. The van der Waals surface area contributed by atoms with E-state index in [4.69, 9.17) is 26.1 Å². The summed E-state index contributed by atoms with van der Waals surface area (Å²) in [7, 11) is 3.76. The lowest BCUT2D eigenvalue weighted by Crippen LogP contribution is -3.07. The van der Waals surface area contributed by atoms with Crippen molar-refractivity contribution in [3.8, 4) is 11.5 Å². The lowest BCUT2D eigenvalue weighted by molar-refractivity contribution is -0.917. The van der Waals surface area contributed by atoms with Gasteiger partial charge in [-0.05, 0) is 61.1 Å². The summed E-state index contributed by atoms with van der Waals surface area (Å²) in [5.41, 5.74) is 2.33.